The lowest BCUT2D eigenvalue weighted by molar-refractivity contribution is 0.170. The number of halogens is 1. The molecule has 17 heavy (non-hydrogen) atoms. The van der Waals surface area contributed by atoms with Crippen LogP contribution in [0.15, 0.2) is 10.4 Å². The zero-order valence-corrected chi connectivity index (χ0v) is 12.0. The van der Waals surface area contributed by atoms with E-state index < -0.39 is 10.0 Å². The molecule has 1 aromatic heterocycles. The van der Waals surface area contributed by atoms with E-state index in [2.05, 4.69) is 9.88 Å². The van der Waals surface area contributed by atoms with Crippen LogP contribution in [-0.4, -0.2) is 55.3 Å². The van der Waals surface area contributed by atoms with Gasteiger partial charge in [-0.25, -0.2) is 13.4 Å². The van der Waals surface area contributed by atoms with Gasteiger partial charge in [0.05, 0.1) is 6.20 Å². The zero-order chi connectivity index (χ0) is 12.6. The molecule has 2 heterocycles. The van der Waals surface area contributed by atoms with Gasteiger partial charge in [0.2, 0.25) is 0 Å². The van der Waals surface area contributed by atoms with E-state index in [1.54, 1.807) is 0 Å². The summed E-state index contributed by atoms with van der Waals surface area (Å²) in [6, 6.07) is -0.0281. The van der Waals surface area contributed by atoms with Gasteiger partial charge >= 0.3 is 0 Å². The SMILES string of the molecule is CC1CN(C)CCN1S(=O)(=O)c1cnc(Cl)s1. The molecule has 1 unspecified atom stereocenters. The highest BCUT2D eigenvalue weighted by Gasteiger charge is 2.33. The molecule has 1 aliphatic rings. The minimum Gasteiger partial charge on any atom is -0.303 e. The standard InChI is InChI=1S/C9H14ClN3O2S2/c1-7-6-12(2)3-4-13(7)17(14,15)8-5-11-9(10)16-8/h5,7H,3-4,6H2,1-2H3. The maximum absolute atomic E-state index is 12.3. The molecule has 5 nitrogen and oxygen atoms in total. The van der Waals surface area contributed by atoms with E-state index in [1.165, 1.54) is 10.5 Å². The summed E-state index contributed by atoms with van der Waals surface area (Å²) < 4.78 is 26.7. The molecule has 1 saturated heterocycles. The van der Waals surface area contributed by atoms with Crippen molar-refractivity contribution in [2.24, 2.45) is 0 Å². The number of piperazine rings is 1. The number of aromatic nitrogens is 1. The lowest BCUT2D eigenvalue weighted by atomic mass is 10.2. The second-order valence-corrected chi connectivity index (χ2v) is 7.89. The van der Waals surface area contributed by atoms with Gasteiger partial charge < -0.3 is 4.90 Å². The van der Waals surface area contributed by atoms with E-state index in [-0.39, 0.29) is 14.7 Å². The topological polar surface area (TPSA) is 53.5 Å². The lowest BCUT2D eigenvalue weighted by Gasteiger charge is -2.36. The molecule has 0 aromatic carbocycles. The molecule has 0 bridgehead atoms. The summed E-state index contributed by atoms with van der Waals surface area (Å²) in [6.07, 6.45) is 1.33. The Kier molecular flexibility index (Phi) is 3.74. The Labute approximate surface area is 110 Å². The fraction of sp³-hybridized carbons (Fsp3) is 0.667. The van der Waals surface area contributed by atoms with Crippen LogP contribution in [0.1, 0.15) is 6.92 Å². The monoisotopic (exact) mass is 295 g/mol. The van der Waals surface area contributed by atoms with Crippen LogP contribution in [-0.2, 0) is 10.0 Å². The van der Waals surface area contributed by atoms with E-state index in [9.17, 15) is 8.42 Å². The number of hydrogen-bond donors (Lipinski definition) is 0. The Morgan fingerprint density at radius 1 is 1.53 bits per heavy atom. The Bertz CT molecular complexity index is 502. The molecule has 96 valence electrons. The van der Waals surface area contributed by atoms with Crippen LogP contribution in [0.2, 0.25) is 4.47 Å². The summed E-state index contributed by atoms with van der Waals surface area (Å²) in [4.78, 5) is 5.91. The summed E-state index contributed by atoms with van der Waals surface area (Å²) in [5.41, 5.74) is 0. The fourth-order valence-corrected chi connectivity index (χ4v) is 4.99. The molecule has 1 aliphatic heterocycles. The molecule has 0 spiro atoms. The van der Waals surface area contributed by atoms with Crippen LogP contribution < -0.4 is 0 Å². The quantitative estimate of drug-likeness (QED) is 0.820. The number of thiazole rings is 1. The molecule has 0 N–H and O–H groups in total. The van der Waals surface area contributed by atoms with Crippen LogP contribution in [0.25, 0.3) is 0 Å². The Hall–Kier alpha value is -0.210. The van der Waals surface area contributed by atoms with E-state index in [0.717, 1.165) is 24.4 Å². The fourth-order valence-electron chi connectivity index (χ4n) is 1.95. The first-order valence-corrected chi connectivity index (χ1v) is 7.86. The van der Waals surface area contributed by atoms with Crippen molar-refractivity contribution in [3.05, 3.63) is 10.7 Å². The third kappa shape index (κ3) is 2.63. The van der Waals surface area contributed by atoms with E-state index in [1.807, 2.05) is 14.0 Å². The number of likely N-dealkylation sites (N-methyl/N-ethyl adjacent to an activating group) is 1. The predicted octanol–water partition coefficient (Wildman–Crippen LogP) is 1.12. The van der Waals surface area contributed by atoms with Gasteiger partial charge in [-0.1, -0.05) is 22.9 Å². The van der Waals surface area contributed by atoms with Gasteiger partial charge in [0, 0.05) is 25.7 Å². The van der Waals surface area contributed by atoms with E-state index in [0.29, 0.717) is 6.54 Å². The second-order valence-electron chi connectivity index (χ2n) is 4.16. The highest BCUT2D eigenvalue weighted by Crippen LogP contribution is 2.27. The van der Waals surface area contributed by atoms with Gasteiger partial charge in [-0.3, -0.25) is 0 Å². The molecule has 8 heteroatoms. The highest BCUT2D eigenvalue weighted by molar-refractivity contribution is 7.91. The molecular formula is C9H14ClN3O2S2. The maximum Gasteiger partial charge on any atom is 0.254 e. The first kappa shape index (κ1) is 13.2. The van der Waals surface area contributed by atoms with Gasteiger partial charge in [-0.2, -0.15) is 4.31 Å². The summed E-state index contributed by atoms with van der Waals surface area (Å²) in [6.45, 7) is 3.91. The first-order chi connectivity index (χ1) is 7.91. The smallest absolute Gasteiger partial charge is 0.254 e. The van der Waals surface area contributed by atoms with E-state index in [4.69, 9.17) is 11.6 Å². The minimum atomic E-state index is -3.44. The van der Waals surface area contributed by atoms with Gasteiger partial charge in [0.15, 0.2) is 8.68 Å². The van der Waals surface area contributed by atoms with Crippen LogP contribution in [0.4, 0.5) is 0 Å². The van der Waals surface area contributed by atoms with Crippen LogP contribution >= 0.6 is 22.9 Å². The van der Waals surface area contributed by atoms with Crippen molar-refractivity contribution in [3.8, 4) is 0 Å². The number of rotatable bonds is 2. The van der Waals surface area contributed by atoms with Crippen molar-refractivity contribution in [1.29, 1.82) is 0 Å². The molecule has 1 aromatic rings. The third-order valence-corrected chi connectivity index (χ3v) is 6.35. The average molecular weight is 296 g/mol. The molecule has 1 fully saturated rings. The summed E-state index contributed by atoms with van der Waals surface area (Å²) >= 11 is 6.68. The minimum absolute atomic E-state index is 0.0281. The molecule has 0 amide bonds. The Morgan fingerprint density at radius 2 is 2.24 bits per heavy atom. The Morgan fingerprint density at radius 3 is 2.76 bits per heavy atom. The zero-order valence-electron chi connectivity index (χ0n) is 9.63. The van der Waals surface area contributed by atoms with E-state index >= 15 is 0 Å². The van der Waals surface area contributed by atoms with Gasteiger partial charge in [0.25, 0.3) is 10.0 Å². The molecular weight excluding hydrogens is 282 g/mol. The van der Waals surface area contributed by atoms with Crippen molar-refractivity contribution in [3.63, 3.8) is 0 Å². The number of sulfonamides is 1. The molecule has 2 rings (SSSR count). The average Bonchev–Trinajstić information content (AvgIpc) is 2.64. The van der Waals surface area contributed by atoms with Gasteiger partial charge in [-0.15, -0.1) is 0 Å². The van der Waals surface area contributed by atoms with Crippen LogP contribution in [0, 0.1) is 0 Å². The Balaban J connectivity index is 2.27. The van der Waals surface area contributed by atoms with Crippen LogP contribution in [0.3, 0.4) is 0 Å². The van der Waals surface area contributed by atoms with Crippen molar-refractivity contribution >= 4 is 33.0 Å². The van der Waals surface area contributed by atoms with Crippen molar-refractivity contribution in [2.45, 2.75) is 17.2 Å². The van der Waals surface area contributed by atoms with Gasteiger partial charge in [0.1, 0.15) is 0 Å². The van der Waals surface area contributed by atoms with Crippen molar-refractivity contribution in [2.75, 3.05) is 26.7 Å². The lowest BCUT2D eigenvalue weighted by Crippen LogP contribution is -2.52. The summed E-state index contributed by atoms with van der Waals surface area (Å²) in [5.74, 6) is 0. The highest BCUT2D eigenvalue weighted by atomic mass is 35.5. The normalized spacial score (nSPS) is 24.1. The molecule has 0 aliphatic carbocycles. The molecule has 0 saturated carbocycles. The largest absolute Gasteiger partial charge is 0.303 e. The van der Waals surface area contributed by atoms with Crippen molar-refractivity contribution < 1.29 is 8.42 Å². The third-order valence-electron chi connectivity index (χ3n) is 2.79. The number of nitrogens with zero attached hydrogens (tertiary/aromatic N) is 3. The van der Waals surface area contributed by atoms with Crippen molar-refractivity contribution in [1.82, 2.24) is 14.2 Å². The summed E-state index contributed by atoms with van der Waals surface area (Å²) in [5, 5.41) is 0. The molecule has 0 radical (unpaired) electrons. The number of hydrogen-bond acceptors (Lipinski definition) is 5. The predicted molar refractivity (Wildman–Crippen MR) is 68.0 cm³/mol. The summed E-state index contributed by atoms with van der Waals surface area (Å²) in [7, 11) is -1.45. The first-order valence-electron chi connectivity index (χ1n) is 5.23. The molecule has 1 atom stereocenters. The maximum atomic E-state index is 12.3. The second kappa shape index (κ2) is 4.81. The van der Waals surface area contributed by atoms with Gasteiger partial charge in [-0.05, 0) is 14.0 Å². The van der Waals surface area contributed by atoms with Crippen LogP contribution in [0.5, 0.6) is 0 Å².